The lowest BCUT2D eigenvalue weighted by atomic mass is 10.0. The summed E-state index contributed by atoms with van der Waals surface area (Å²) in [6, 6.07) is 12.6. The van der Waals surface area contributed by atoms with Crippen LogP contribution in [-0.4, -0.2) is 29.7 Å². The van der Waals surface area contributed by atoms with Crippen molar-refractivity contribution in [2.45, 2.75) is 27.4 Å². The van der Waals surface area contributed by atoms with E-state index in [1.807, 2.05) is 51.1 Å². The third kappa shape index (κ3) is 4.22. The van der Waals surface area contributed by atoms with Crippen molar-refractivity contribution in [1.82, 2.24) is 24.8 Å². The van der Waals surface area contributed by atoms with Crippen LogP contribution < -0.4 is 10.4 Å². The summed E-state index contributed by atoms with van der Waals surface area (Å²) in [6.45, 7) is 6.05. The summed E-state index contributed by atoms with van der Waals surface area (Å²) in [5, 5.41) is 18.6. The highest BCUT2D eigenvalue weighted by Gasteiger charge is 2.15. The first-order valence-electron chi connectivity index (χ1n) is 10.2. The molecule has 0 radical (unpaired) electrons. The van der Waals surface area contributed by atoms with Crippen LogP contribution in [0.15, 0.2) is 53.5 Å². The van der Waals surface area contributed by atoms with E-state index in [4.69, 9.17) is 4.74 Å². The van der Waals surface area contributed by atoms with Gasteiger partial charge in [-0.25, -0.2) is 9.78 Å². The van der Waals surface area contributed by atoms with E-state index in [2.05, 4.69) is 15.4 Å². The van der Waals surface area contributed by atoms with E-state index in [9.17, 15) is 14.9 Å². The number of hydrogen-bond donors (Lipinski definition) is 0. The molecule has 0 amide bonds. The number of aromatic nitrogens is 5. The number of nitrogens with zero attached hydrogens (tertiary/aromatic N) is 6. The largest absolute Gasteiger partial charge is 0.489 e. The lowest BCUT2D eigenvalue weighted by Gasteiger charge is -2.16. The van der Waals surface area contributed by atoms with E-state index in [-0.39, 0.29) is 18.0 Å². The van der Waals surface area contributed by atoms with Gasteiger partial charge in [0.2, 0.25) is 0 Å². The summed E-state index contributed by atoms with van der Waals surface area (Å²) in [6.07, 6.45) is 1.25. The molecule has 2 aromatic carbocycles. The molecule has 0 saturated heterocycles. The van der Waals surface area contributed by atoms with Crippen molar-refractivity contribution in [3.8, 4) is 22.7 Å². The Kier molecular flexibility index (Phi) is 5.74. The van der Waals surface area contributed by atoms with Gasteiger partial charge in [-0.2, -0.15) is 9.36 Å². The number of nitro groups is 1. The molecule has 2 heterocycles. The van der Waals surface area contributed by atoms with Gasteiger partial charge in [0, 0.05) is 24.2 Å². The van der Waals surface area contributed by atoms with Gasteiger partial charge in [0.1, 0.15) is 18.6 Å². The minimum Gasteiger partial charge on any atom is -0.489 e. The molecule has 10 heteroatoms. The number of aryl methyl sites for hydroxylation is 4. The van der Waals surface area contributed by atoms with E-state index in [1.165, 1.54) is 21.6 Å². The fourth-order valence-electron chi connectivity index (χ4n) is 3.56. The quantitative estimate of drug-likeness (QED) is 0.329. The van der Waals surface area contributed by atoms with Crippen molar-refractivity contribution >= 4 is 5.69 Å². The lowest BCUT2D eigenvalue weighted by molar-refractivity contribution is -0.385. The van der Waals surface area contributed by atoms with Gasteiger partial charge in [-0.15, -0.1) is 0 Å². The maximum atomic E-state index is 12.4. The van der Waals surface area contributed by atoms with Crippen molar-refractivity contribution in [3.05, 3.63) is 91.5 Å². The van der Waals surface area contributed by atoms with Crippen LogP contribution in [-0.2, 0) is 13.7 Å². The second-order valence-corrected chi connectivity index (χ2v) is 7.75. The highest BCUT2D eigenvalue weighted by molar-refractivity contribution is 5.67. The lowest BCUT2D eigenvalue weighted by Crippen LogP contribution is -2.23. The molecule has 0 spiro atoms. The Hall–Kier alpha value is -4.34. The number of benzene rings is 2. The molecule has 0 atom stereocenters. The summed E-state index contributed by atoms with van der Waals surface area (Å²) in [7, 11) is 1.55. The molecule has 0 unspecified atom stereocenters. The summed E-state index contributed by atoms with van der Waals surface area (Å²) in [5.41, 5.74) is 5.36. The second kappa shape index (κ2) is 8.65. The van der Waals surface area contributed by atoms with Gasteiger partial charge in [-0.3, -0.25) is 10.1 Å². The number of pyridine rings is 1. The summed E-state index contributed by atoms with van der Waals surface area (Å²) >= 11 is 0. The molecule has 0 aliphatic rings. The Bertz CT molecular complexity index is 1410. The molecular weight excluding hydrogens is 424 g/mol. The summed E-state index contributed by atoms with van der Waals surface area (Å²) in [4.78, 5) is 27.0. The highest BCUT2D eigenvalue weighted by Crippen LogP contribution is 2.31. The average molecular weight is 446 g/mol. The number of ether oxygens (including phenoxy) is 1. The van der Waals surface area contributed by atoms with E-state index < -0.39 is 4.92 Å². The minimum absolute atomic E-state index is 0.0515. The first-order valence-corrected chi connectivity index (χ1v) is 10.2. The van der Waals surface area contributed by atoms with Gasteiger partial charge in [-0.05, 0) is 72.2 Å². The van der Waals surface area contributed by atoms with Crippen LogP contribution >= 0.6 is 0 Å². The molecular formula is C23H22N6O4. The van der Waals surface area contributed by atoms with Gasteiger partial charge in [0.15, 0.2) is 0 Å². The summed E-state index contributed by atoms with van der Waals surface area (Å²) < 4.78 is 8.58. The van der Waals surface area contributed by atoms with E-state index in [0.29, 0.717) is 17.1 Å². The highest BCUT2D eigenvalue weighted by atomic mass is 16.6. The molecule has 168 valence electrons. The third-order valence-corrected chi connectivity index (χ3v) is 5.46. The Labute approximate surface area is 189 Å². The first kappa shape index (κ1) is 21.9. The molecule has 2 aromatic heterocycles. The first-order chi connectivity index (χ1) is 15.8. The Morgan fingerprint density at radius 2 is 1.82 bits per heavy atom. The zero-order valence-corrected chi connectivity index (χ0v) is 18.6. The zero-order valence-electron chi connectivity index (χ0n) is 18.6. The second-order valence-electron chi connectivity index (χ2n) is 7.75. The van der Waals surface area contributed by atoms with Crippen LogP contribution in [0, 0.1) is 30.9 Å². The fourth-order valence-corrected chi connectivity index (χ4v) is 3.56. The van der Waals surface area contributed by atoms with Crippen LogP contribution in [0.2, 0.25) is 0 Å². The normalized spacial score (nSPS) is 10.9. The standard InChI is InChI=1S/C23H22N6O4/c1-14-6-5-7-21(28-23(30)27(4)25-26-28)19(14)13-33-22-11-15(2)18(10-16(22)3)20-9-8-17(12-24-20)29(31)32/h5-12H,13H2,1-4H3. The molecule has 0 saturated carbocycles. The molecule has 0 N–H and O–H groups in total. The van der Waals surface area contributed by atoms with Crippen molar-refractivity contribution < 1.29 is 9.66 Å². The van der Waals surface area contributed by atoms with Crippen molar-refractivity contribution in [2.24, 2.45) is 7.05 Å². The molecule has 10 nitrogen and oxygen atoms in total. The summed E-state index contributed by atoms with van der Waals surface area (Å²) in [5.74, 6) is 0.693. The smallest absolute Gasteiger partial charge is 0.368 e. The van der Waals surface area contributed by atoms with Crippen LogP contribution in [0.1, 0.15) is 22.3 Å². The monoisotopic (exact) mass is 446 g/mol. The molecule has 0 bridgehead atoms. The van der Waals surface area contributed by atoms with E-state index in [1.54, 1.807) is 13.1 Å². The van der Waals surface area contributed by atoms with Gasteiger partial charge in [0.25, 0.3) is 5.69 Å². The van der Waals surface area contributed by atoms with Gasteiger partial charge >= 0.3 is 5.69 Å². The van der Waals surface area contributed by atoms with Crippen molar-refractivity contribution in [3.63, 3.8) is 0 Å². The minimum atomic E-state index is -0.471. The SMILES string of the molecule is Cc1cc(-c2ccc([N+](=O)[O-])cn2)c(C)cc1OCc1c(C)cccc1-n1nnn(C)c1=O. The number of tetrazole rings is 1. The molecule has 0 aliphatic heterocycles. The number of rotatable bonds is 6. The van der Waals surface area contributed by atoms with E-state index in [0.717, 1.165) is 27.8 Å². The van der Waals surface area contributed by atoms with Gasteiger partial charge < -0.3 is 4.74 Å². The van der Waals surface area contributed by atoms with Crippen LogP contribution in [0.4, 0.5) is 5.69 Å². The van der Waals surface area contributed by atoms with Gasteiger partial charge in [0.05, 0.1) is 16.3 Å². The maximum absolute atomic E-state index is 12.4. The Morgan fingerprint density at radius 1 is 1.03 bits per heavy atom. The topological polar surface area (TPSA) is 118 Å². The average Bonchev–Trinajstić information content (AvgIpc) is 3.12. The van der Waals surface area contributed by atoms with Crippen molar-refractivity contribution in [2.75, 3.05) is 0 Å². The Balaban J connectivity index is 1.63. The Morgan fingerprint density at radius 3 is 2.45 bits per heavy atom. The molecule has 0 fully saturated rings. The van der Waals surface area contributed by atoms with Crippen molar-refractivity contribution in [1.29, 1.82) is 0 Å². The molecule has 0 aliphatic carbocycles. The maximum Gasteiger partial charge on any atom is 0.368 e. The zero-order chi connectivity index (χ0) is 23.7. The predicted octanol–water partition coefficient (Wildman–Crippen LogP) is 3.44. The van der Waals surface area contributed by atoms with Crippen LogP contribution in [0.25, 0.3) is 16.9 Å². The predicted molar refractivity (Wildman–Crippen MR) is 121 cm³/mol. The third-order valence-electron chi connectivity index (χ3n) is 5.46. The number of hydrogen-bond acceptors (Lipinski definition) is 7. The molecule has 33 heavy (non-hydrogen) atoms. The van der Waals surface area contributed by atoms with Crippen LogP contribution in [0.5, 0.6) is 5.75 Å². The molecule has 4 aromatic rings. The molecule has 4 rings (SSSR count). The van der Waals surface area contributed by atoms with Crippen LogP contribution in [0.3, 0.4) is 0 Å². The van der Waals surface area contributed by atoms with E-state index >= 15 is 0 Å². The fraction of sp³-hybridized carbons (Fsp3) is 0.217. The van der Waals surface area contributed by atoms with Gasteiger partial charge in [-0.1, -0.05) is 12.1 Å².